The van der Waals surface area contributed by atoms with E-state index in [-0.39, 0.29) is 0 Å². The molecule has 1 heterocycles. The summed E-state index contributed by atoms with van der Waals surface area (Å²) in [6.45, 7) is 4.19. The van der Waals surface area contributed by atoms with Gasteiger partial charge in [0.25, 0.3) is 0 Å². The molecule has 1 heteroatoms. The minimum atomic E-state index is 1.09. The third-order valence-corrected chi connectivity index (χ3v) is 2.69. The predicted molar refractivity (Wildman–Crippen MR) is 38.4 cm³/mol. The monoisotopic (exact) mass is 125 g/mol. The van der Waals surface area contributed by atoms with E-state index in [1.54, 1.807) is 0 Å². The molecule has 0 radical (unpaired) electrons. The van der Waals surface area contributed by atoms with Crippen LogP contribution in [0.4, 0.5) is 0 Å². The molecule has 2 rings (SSSR count). The number of hydrogen-bond acceptors (Lipinski definition) is 1. The molecule has 0 atom stereocenters. The van der Waals surface area contributed by atoms with Gasteiger partial charge in [0.1, 0.15) is 0 Å². The van der Waals surface area contributed by atoms with Crippen molar-refractivity contribution in [2.75, 3.05) is 19.6 Å². The molecule has 0 aromatic heterocycles. The summed E-state index contributed by atoms with van der Waals surface area (Å²) in [5.41, 5.74) is 0. The topological polar surface area (TPSA) is 3.24 Å². The Kier molecular flexibility index (Phi) is 1.46. The smallest absolute Gasteiger partial charge is 0.000967 e. The average Bonchev–Trinajstić information content (AvgIpc) is 1.57. The van der Waals surface area contributed by atoms with Gasteiger partial charge >= 0.3 is 0 Å². The highest BCUT2D eigenvalue weighted by Gasteiger charge is 2.23. The van der Waals surface area contributed by atoms with Crippen molar-refractivity contribution in [3.05, 3.63) is 0 Å². The van der Waals surface area contributed by atoms with Crippen molar-refractivity contribution < 1.29 is 0 Å². The molecule has 0 spiro atoms. The molecule has 1 aliphatic heterocycles. The van der Waals surface area contributed by atoms with Crippen molar-refractivity contribution in [3.8, 4) is 0 Å². The fourth-order valence-electron chi connectivity index (χ4n) is 1.60. The molecule has 2 aliphatic rings. The summed E-state index contributed by atoms with van der Waals surface area (Å²) >= 11 is 0. The lowest BCUT2D eigenvalue weighted by Gasteiger charge is -2.37. The van der Waals surface area contributed by atoms with Crippen molar-refractivity contribution in [2.24, 2.45) is 5.92 Å². The van der Waals surface area contributed by atoms with Crippen molar-refractivity contribution in [3.63, 3.8) is 0 Å². The van der Waals surface area contributed by atoms with E-state index in [2.05, 4.69) is 4.90 Å². The van der Waals surface area contributed by atoms with Crippen LogP contribution in [0.5, 0.6) is 0 Å². The predicted octanol–water partition coefficient (Wildman–Crippen LogP) is 1.49. The van der Waals surface area contributed by atoms with Gasteiger partial charge in [0, 0.05) is 6.54 Å². The van der Waals surface area contributed by atoms with E-state index in [9.17, 15) is 0 Å². The van der Waals surface area contributed by atoms with Crippen molar-refractivity contribution >= 4 is 0 Å². The van der Waals surface area contributed by atoms with Crippen LogP contribution in [-0.2, 0) is 0 Å². The van der Waals surface area contributed by atoms with E-state index >= 15 is 0 Å². The van der Waals surface area contributed by atoms with Crippen LogP contribution in [-0.4, -0.2) is 24.5 Å². The van der Waals surface area contributed by atoms with Crippen molar-refractivity contribution in [1.82, 2.24) is 4.90 Å². The highest BCUT2D eigenvalue weighted by molar-refractivity contribution is 4.77. The largest absolute Gasteiger partial charge is 0.303 e. The van der Waals surface area contributed by atoms with Crippen molar-refractivity contribution in [1.29, 1.82) is 0 Å². The first-order chi connectivity index (χ1) is 4.45. The Morgan fingerprint density at radius 2 is 1.89 bits per heavy atom. The van der Waals surface area contributed by atoms with Gasteiger partial charge in [-0.1, -0.05) is 6.42 Å². The molecular weight excluding hydrogens is 110 g/mol. The zero-order chi connectivity index (χ0) is 6.10. The zero-order valence-electron chi connectivity index (χ0n) is 5.97. The molecule has 0 aromatic rings. The first-order valence-electron chi connectivity index (χ1n) is 4.17. The van der Waals surface area contributed by atoms with E-state index in [0.29, 0.717) is 0 Å². The molecule has 1 nitrogen and oxygen atoms in total. The van der Waals surface area contributed by atoms with Crippen LogP contribution >= 0.6 is 0 Å². The molecule has 9 heavy (non-hydrogen) atoms. The van der Waals surface area contributed by atoms with E-state index in [1.165, 1.54) is 45.3 Å². The number of hydrogen-bond donors (Lipinski definition) is 0. The lowest BCUT2D eigenvalue weighted by molar-refractivity contribution is 0.121. The Morgan fingerprint density at radius 1 is 1.11 bits per heavy atom. The third-order valence-electron chi connectivity index (χ3n) is 2.69. The molecular formula is C8H15N. The van der Waals surface area contributed by atoms with E-state index in [4.69, 9.17) is 0 Å². The van der Waals surface area contributed by atoms with Gasteiger partial charge in [-0.3, -0.25) is 0 Å². The second kappa shape index (κ2) is 2.30. The molecule has 0 amide bonds. The Morgan fingerprint density at radius 3 is 2.22 bits per heavy atom. The summed E-state index contributed by atoms with van der Waals surface area (Å²) in [4.78, 5) is 2.59. The second-order valence-corrected chi connectivity index (χ2v) is 3.45. The fourth-order valence-corrected chi connectivity index (χ4v) is 1.60. The van der Waals surface area contributed by atoms with Crippen LogP contribution in [0, 0.1) is 5.92 Å². The molecule has 0 unspecified atom stereocenters. The summed E-state index contributed by atoms with van der Waals surface area (Å²) in [6.07, 6.45) is 5.97. The van der Waals surface area contributed by atoms with Crippen LogP contribution < -0.4 is 0 Å². The van der Waals surface area contributed by atoms with Crippen LogP contribution in [0.2, 0.25) is 0 Å². The molecule has 1 saturated carbocycles. The first-order valence-corrected chi connectivity index (χ1v) is 4.17. The van der Waals surface area contributed by atoms with Gasteiger partial charge in [0.05, 0.1) is 0 Å². The minimum absolute atomic E-state index is 1.09. The Hall–Kier alpha value is -0.0400. The normalized spacial score (nSPS) is 29.3. The minimum Gasteiger partial charge on any atom is -0.303 e. The number of rotatable bonds is 2. The maximum absolute atomic E-state index is 2.59. The number of nitrogens with zero attached hydrogens (tertiary/aromatic N) is 1. The van der Waals surface area contributed by atoms with Crippen LogP contribution in [0.3, 0.4) is 0 Å². The maximum Gasteiger partial charge on any atom is 0.000967 e. The zero-order valence-corrected chi connectivity index (χ0v) is 5.97. The Labute approximate surface area is 57.0 Å². The molecule has 0 bridgehead atoms. The van der Waals surface area contributed by atoms with Gasteiger partial charge in [-0.2, -0.15) is 0 Å². The third kappa shape index (κ3) is 1.11. The van der Waals surface area contributed by atoms with E-state index in [0.717, 1.165) is 5.92 Å². The Bertz CT molecular complexity index is 80.7. The van der Waals surface area contributed by atoms with Gasteiger partial charge in [-0.05, 0) is 38.3 Å². The van der Waals surface area contributed by atoms with Gasteiger partial charge < -0.3 is 4.90 Å². The summed E-state index contributed by atoms with van der Waals surface area (Å²) in [5.74, 6) is 1.09. The molecule has 1 aliphatic carbocycles. The second-order valence-electron chi connectivity index (χ2n) is 3.45. The molecule has 0 aromatic carbocycles. The summed E-state index contributed by atoms with van der Waals surface area (Å²) in [5, 5.41) is 0. The summed E-state index contributed by atoms with van der Waals surface area (Å²) in [7, 11) is 0. The van der Waals surface area contributed by atoms with Gasteiger partial charge in [0.2, 0.25) is 0 Å². The van der Waals surface area contributed by atoms with Crippen molar-refractivity contribution in [2.45, 2.75) is 25.7 Å². The summed E-state index contributed by atoms with van der Waals surface area (Å²) in [6, 6.07) is 0. The fraction of sp³-hybridized carbons (Fsp3) is 1.00. The molecule has 1 saturated heterocycles. The maximum atomic E-state index is 2.59. The van der Waals surface area contributed by atoms with E-state index < -0.39 is 0 Å². The molecule has 0 N–H and O–H groups in total. The molecule has 52 valence electrons. The van der Waals surface area contributed by atoms with E-state index in [1.807, 2.05) is 0 Å². The highest BCUT2D eigenvalue weighted by atomic mass is 15.2. The SMILES string of the molecule is C1CC(CN2CCC2)C1. The van der Waals surface area contributed by atoms with Gasteiger partial charge in [-0.15, -0.1) is 0 Å². The average molecular weight is 125 g/mol. The lowest BCUT2D eigenvalue weighted by atomic mass is 9.84. The van der Waals surface area contributed by atoms with Gasteiger partial charge in [-0.25, -0.2) is 0 Å². The van der Waals surface area contributed by atoms with Gasteiger partial charge in [0.15, 0.2) is 0 Å². The van der Waals surface area contributed by atoms with Crippen LogP contribution in [0.25, 0.3) is 0 Å². The van der Waals surface area contributed by atoms with Crippen LogP contribution in [0.1, 0.15) is 25.7 Å². The highest BCUT2D eigenvalue weighted by Crippen LogP contribution is 2.28. The summed E-state index contributed by atoms with van der Waals surface area (Å²) < 4.78 is 0. The van der Waals surface area contributed by atoms with Crippen LogP contribution in [0.15, 0.2) is 0 Å². The number of likely N-dealkylation sites (tertiary alicyclic amines) is 1. The molecule has 2 fully saturated rings. The first kappa shape index (κ1) is 5.72. The standard InChI is InChI=1S/C8H15N/c1-3-8(4-1)7-9-5-2-6-9/h8H,1-7H2. The Balaban J connectivity index is 1.64. The quantitative estimate of drug-likeness (QED) is 0.540. The lowest BCUT2D eigenvalue weighted by Crippen LogP contribution is -2.41.